The lowest BCUT2D eigenvalue weighted by Gasteiger charge is -2.07. The number of imidazole rings is 1. The van der Waals surface area contributed by atoms with Crippen LogP contribution in [0.4, 0.5) is 5.82 Å². The van der Waals surface area contributed by atoms with Gasteiger partial charge in [-0.25, -0.2) is 19.9 Å². The number of rotatable bonds is 3. The Morgan fingerprint density at radius 1 is 1.19 bits per heavy atom. The molecular formula is C19H13N7O. The number of fused-ring (bicyclic) bond motifs is 1. The Morgan fingerprint density at radius 2 is 2.07 bits per heavy atom. The predicted molar refractivity (Wildman–Crippen MR) is 98.6 cm³/mol. The molecule has 4 rings (SSSR count). The minimum absolute atomic E-state index is 0.177. The van der Waals surface area contributed by atoms with Gasteiger partial charge in [0.05, 0.1) is 29.4 Å². The first-order valence-electron chi connectivity index (χ1n) is 8.05. The molecule has 0 aliphatic heterocycles. The second-order valence-corrected chi connectivity index (χ2v) is 5.84. The van der Waals surface area contributed by atoms with Crippen molar-refractivity contribution in [3.05, 3.63) is 66.5 Å². The first-order valence-corrected chi connectivity index (χ1v) is 8.05. The van der Waals surface area contributed by atoms with Crippen molar-refractivity contribution < 1.29 is 4.79 Å². The minimum Gasteiger partial charge on any atom is -0.332 e. The maximum absolute atomic E-state index is 12.4. The van der Waals surface area contributed by atoms with Crippen LogP contribution in [0.15, 0.2) is 55.2 Å². The lowest BCUT2D eigenvalue weighted by molar-refractivity contribution is 0.102. The Kier molecular flexibility index (Phi) is 4.03. The Labute approximate surface area is 154 Å². The number of aryl methyl sites for hydroxylation is 1. The third kappa shape index (κ3) is 3.21. The van der Waals surface area contributed by atoms with E-state index >= 15 is 0 Å². The molecule has 0 spiro atoms. The number of aromatic nitrogens is 5. The van der Waals surface area contributed by atoms with Crippen LogP contribution in [0.2, 0.25) is 0 Å². The monoisotopic (exact) mass is 355 g/mol. The summed E-state index contributed by atoms with van der Waals surface area (Å²) in [5.74, 6) is 0.000940. The van der Waals surface area contributed by atoms with Crippen LogP contribution < -0.4 is 5.32 Å². The van der Waals surface area contributed by atoms with Gasteiger partial charge >= 0.3 is 0 Å². The number of carbonyl (C=O) groups is 1. The Morgan fingerprint density at radius 3 is 2.85 bits per heavy atom. The summed E-state index contributed by atoms with van der Waals surface area (Å²) in [7, 11) is 1.90. The second kappa shape index (κ2) is 6.65. The van der Waals surface area contributed by atoms with E-state index in [1.807, 2.05) is 29.8 Å². The highest BCUT2D eigenvalue weighted by Gasteiger charge is 2.10. The standard InChI is InChI=1S/C19H13N7O/c1-26-11-21-10-17(26)15-3-2-13-9-23-18(7-16(13)24-15)25-19(27)12-4-5-22-14(6-12)8-20/h2-7,9-11H,1H3,(H,23,25,27). The molecular weight excluding hydrogens is 342 g/mol. The highest BCUT2D eigenvalue weighted by molar-refractivity contribution is 6.04. The van der Waals surface area contributed by atoms with Gasteiger partial charge in [0.1, 0.15) is 17.6 Å². The number of nitrogens with zero attached hydrogens (tertiary/aromatic N) is 6. The number of pyridine rings is 3. The molecule has 0 radical (unpaired) electrons. The zero-order chi connectivity index (χ0) is 18.8. The maximum atomic E-state index is 12.4. The molecule has 0 saturated carbocycles. The molecule has 0 saturated heterocycles. The van der Waals surface area contributed by atoms with Gasteiger partial charge in [-0.15, -0.1) is 0 Å². The topological polar surface area (TPSA) is 109 Å². The van der Waals surface area contributed by atoms with E-state index in [2.05, 4.69) is 25.3 Å². The number of anilines is 1. The van der Waals surface area contributed by atoms with Crippen molar-refractivity contribution in [3.63, 3.8) is 0 Å². The molecule has 1 N–H and O–H groups in total. The van der Waals surface area contributed by atoms with E-state index in [0.29, 0.717) is 16.9 Å². The molecule has 4 aromatic rings. The Bertz CT molecular complexity index is 1210. The number of carbonyl (C=O) groups excluding carboxylic acids is 1. The van der Waals surface area contributed by atoms with Crippen LogP contribution in [0, 0.1) is 11.3 Å². The van der Waals surface area contributed by atoms with Gasteiger partial charge in [-0.2, -0.15) is 5.26 Å². The molecule has 0 unspecified atom stereocenters. The van der Waals surface area contributed by atoms with Crippen molar-refractivity contribution in [1.82, 2.24) is 24.5 Å². The Balaban J connectivity index is 1.65. The van der Waals surface area contributed by atoms with E-state index in [4.69, 9.17) is 5.26 Å². The van der Waals surface area contributed by atoms with Crippen molar-refractivity contribution in [1.29, 1.82) is 5.26 Å². The van der Waals surface area contributed by atoms with Gasteiger partial charge < -0.3 is 9.88 Å². The third-order valence-electron chi connectivity index (χ3n) is 4.03. The van der Waals surface area contributed by atoms with Crippen molar-refractivity contribution in [2.75, 3.05) is 5.32 Å². The molecule has 0 bridgehead atoms. The average molecular weight is 355 g/mol. The molecule has 4 aromatic heterocycles. The molecule has 27 heavy (non-hydrogen) atoms. The molecule has 0 atom stereocenters. The second-order valence-electron chi connectivity index (χ2n) is 5.84. The molecule has 1 amide bonds. The van der Waals surface area contributed by atoms with Gasteiger partial charge in [0.2, 0.25) is 0 Å². The van der Waals surface area contributed by atoms with Crippen molar-refractivity contribution in [2.45, 2.75) is 0 Å². The summed E-state index contributed by atoms with van der Waals surface area (Å²) >= 11 is 0. The fourth-order valence-electron chi connectivity index (χ4n) is 2.65. The highest BCUT2D eigenvalue weighted by atomic mass is 16.1. The predicted octanol–water partition coefficient (Wildman–Crippen LogP) is 2.55. The quantitative estimate of drug-likeness (QED) is 0.605. The summed E-state index contributed by atoms with van der Waals surface area (Å²) in [5, 5.41) is 12.5. The molecule has 4 heterocycles. The van der Waals surface area contributed by atoms with Crippen LogP contribution in [-0.4, -0.2) is 30.4 Å². The van der Waals surface area contributed by atoms with Crippen molar-refractivity contribution >= 4 is 22.6 Å². The van der Waals surface area contributed by atoms with Gasteiger partial charge in [-0.05, 0) is 24.3 Å². The fraction of sp³-hybridized carbons (Fsp3) is 0.0526. The van der Waals surface area contributed by atoms with Gasteiger partial charge in [0.25, 0.3) is 5.91 Å². The van der Waals surface area contributed by atoms with Gasteiger partial charge in [0, 0.05) is 36.5 Å². The van der Waals surface area contributed by atoms with E-state index in [0.717, 1.165) is 16.8 Å². The Hall–Kier alpha value is -4.12. The SMILES string of the molecule is Cn1cncc1-c1ccc2cnc(NC(=O)c3ccnc(C#N)c3)cc2n1. The normalized spacial score (nSPS) is 10.5. The van der Waals surface area contributed by atoms with Gasteiger partial charge in [-0.3, -0.25) is 4.79 Å². The summed E-state index contributed by atoms with van der Waals surface area (Å²) in [4.78, 5) is 29.3. The van der Waals surface area contributed by atoms with Crippen LogP contribution in [-0.2, 0) is 7.05 Å². The number of nitrogens with one attached hydrogen (secondary N) is 1. The van der Waals surface area contributed by atoms with E-state index in [1.165, 1.54) is 18.3 Å². The van der Waals surface area contributed by atoms with Gasteiger partial charge in [0.15, 0.2) is 0 Å². The summed E-state index contributed by atoms with van der Waals surface area (Å²) in [5.41, 5.74) is 2.88. The van der Waals surface area contributed by atoms with Crippen molar-refractivity contribution in [3.8, 4) is 17.5 Å². The molecule has 8 nitrogen and oxygen atoms in total. The van der Waals surface area contributed by atoms with Crippen LogP contribution in [0.3, 0.4) is 0 Å². The van der Waals surface area contributed by atoms with E-state index < -0.39 is 0 Å². The van der Waals surface area contributed by atoms with E-state index in [9.17, 15) is 4.79 Å². The molecule has 0 fully saturated rings. The third-order valence-corrected chi connectivity index (χ3v) is 4.03. The number of amides is 1. The van der Waals surface area contributed by atoms with Crippen LogP contribution >= 0.6 is 0 Å². The minimum atomic E-state index is -0.372. The van der Waals surface area contributed by atoms with Gasteiger partial charge in [-0.1, -0.05) is 0 Å². The molecule has 0 aliphatic carbocycles. The van der Waals surface area contributed by atoms with Crippen LogP contribution in [0.25, 0.3) is 22.3 Å². The zero-order valence-corrected chi connectivity index (χ0v) is 14.3. The summed E-state index contributed by atoms with van der Waals surface area (Å²) in [6.45, 7) is 0. The smallest absolute Gasteiger partial charge is 0.256 e. The summed E-state index contributed by atoms with van der Waals surface area (Å²) in [6.07, 6.45) is 6.53. The lowest BCUT2D eigenvalue weighted by atomic mass is 10.2. The van der Waals surface area contributed by atoms with Crippen LogP contribution in [0.5, 0.6) is 0 Å². The van der Waals surface area contributed by atoms with Crippen LogP contribution in [0.1, 0.15) is 16.1 Å². The number of nitriles is 1. The van der Waals surface area contributed by atoms with Crippen molar-refractivity contribution in [2.24, 2.45) is 7.05 Å². The average Bonchev–Trinajstić information content (AvgIpc) is 3.13. The van der Waals surface area contributed by atoms with E-state index in [-0.39, 0.29) is 11.6 Å². The first kappa shape index (κ1) is 16.4. The zero-order valence-electron chi connectivity index (χ0n) is 14.3. The summed E-state index contributed by atoms with van der Waals surface area (Å²) in [6, 6.07) is 10.4. The number of hydrogen-bond donors (Lipinski definition) is 1. The highest BCUT2D eigenvalue weighted by Crippen LogP contribution is 2.21. The van der Waals surface area contributed by atoms with E-state index in [1.54, 1.807) is 24.8 Å². The first-order chi connectivity index (χ1) is 13.1. The fourth-order valence-corrected chi connectivity index (χ4v) is 2.65. The molecule has 0 aromatic carbocycles. The maximum Gasteiger partial charge on any atom is 0.256 e. The molecule has 0 aliphatic rings. The lowest BCUT2D eigenvalue weighted by Crippen LogP contribution is -2.13. The summed E-state index contributed by atoms with van der Waals surface area (Å²) < 4.78 is 1.88. The largest absolute Gasteiger partial charge is 0.332 e. The molecule has 8 heteroatoms. The number of hydrogen-bond acceptors (Lipinski definition) is 6. The molecule has 130 valence electrons.